The van der Waals surface area contributed by atoms with Crippen LogP contribution in [0.4, 0.5) is 13.2 Å². The quantitative estimate of drug-likeness (QED) is 0.915. The van der Waals surface area contributed by atoms with Crippen molar-refractivity contribution in [1.29, 1.82) is 0 Å². The van der Waals surface area contributed by atoms with Gasteiger partial charge in [0.15, 0.2) is 0 Å². The molecule has 1 aliphatic rings. The number of benzene rings is 1. The van der Waals surface area contributed by atoms with Gasteiger partial charge in [0.1, 0.15) is 5.75 Å². The SMILES string of the molecule is Cn1cc([C@@H]2CCCN2C(=O)c2ccc(C(F)(F)F)cc2O)cn1. The maximum atomic E-state index is 12.7. The van der Waals surface area contributed by atoms with Gasteiger partial charge < -0.3 is 10.0 Å². The van der Waals surface area contributed by atoms with Gasteiger partial charge in [0.2, 0.25) is 0 Å². The Morgan fingerprint density at radius 1 is 1.38 bits per heavy atom. The van der Waals surface area contributed by atoms with Crippen molar-refractivity contribution in [2.45, 2.75) is 25.1 Å². The van der Waals surface area contributed by atoms with Crippen molar-refractivity contribution in [2.24, 2.45) is 7.05 Å². The van der Waals surface area contributed by atoms with E-state index in [9.17, 15) is 23.1 Å². The summed E-state index contributed by atoms with van der Waals surface area (Å²) in [7, 11) is 1.77. The number of hydrogen-bond acceptors (Lipinski definition) is 3. The van der Waals surface area contributed by atoms with Crippen LogP contribution in [-0.4, -0.2) is 32.2 Å². The Bertz CT molecular complexity index is 770. The maximum Gasteiger partial charge on any atom is 0.416 e. The maximum absolute atomic E-state index is 12.7. The number of aromatic hydroxyl groups is 1. The van der Waals surface area contributed by atoms with Crippen LogP contribution in [0.1, 0.15) is 40.4 Å². The molecule has 2 aromatic rings. The van der Waals surface area contributed by atoms with Gasteiger partial charge >= 0.3 is 6.18 Å². The first-order chi connectivity index (χ1) is 11.3. The first-order valence-electron chi connectivity index (χ1n) is 7.47. The van der Waals surface area contributed by atoms with E-state index in [0.29, 0.717) is 12.6 Å². The monoisotopic (exact) mass is 339 g/mol. The van der Waals surface area contributed by atoms with E-state index >= 15 is 0 Å². The van der Waals surface area contributed by atoms with Crippen LogP contribution in [0.3, 0.4) is 0 Å². The number of aromatic nitrogens is 2. The van der Waals surface area contributed by atoms with Gasteiger partial charge in [0, 0.05) is 25.4 Å². The van der Waals surface area contributed by atoms with Crippen LogP contribution in [0, 0.1) is 0 Å². The van der Waals surface area contributed by atoms with Gasteiger partial charge in [0.05, 0.1) is 23.4 Å². The number of aryl methyl sites for hydroxylation is 1. The van der Waals surface area contributed by atoms with Crippen molar-refractivity contribution in [3.05, 3.63) is 47.3 Å². The second-order valence-electron chi connectivity index (χ2n) is 5.83. The Morgan fingerprint density at radius 2 is 2.12 bits per heavy atom. The molecule has 0 bridgehead atoms. The zero-order valence-electron chi connectivity index (χ0n) is 12.9. The number of phenols is 1. The van der Waals surface area contributed by atoms with Crippen LogP contribution < -0.4 is 0 Å². The lowest BCUT2D eigenvalue weighted by Crippen LogP contribution is -2.30. The van der Waals surface area contributed by atoms with E-state index in [0.717, 1.165) is 30.5 Å². The third kappa shape index (κ3) is 2.95. The third-order valence-corrected chi connectivity index (χ3v) is 4.18. The average molecular weight is 339 g/mol. The van der Waals surface area contributed by atoms with E-state index < -0.39 is 23.4 Å². The Morgan fingerprint density at radius 3 is 2.71 bits per heavy atom. The molecule has 0 spiro atoms. The minimum absolute atomic E-state index is 0.126. The van der Waals surface area contributed by atoms with E-state index in [-0.39, 0.29) is 11.6 Å². The molecule has 0 radical (unpaired) electrons. The predicted molar refractivity (Wildman–Crippen MR) is 79.3 cm³/mol. The minimum Gasteiger partial charge on any atom is -0.507 e. The lowest BCUT2D eigenvalue weighted by atomic mass is 10.1. The molecule has 1 atom stereocenters. The van der Waals surface area contributed by atoms with Crippen LogP contribution in [0.5, 0.6) is 5.75 Å². The molecule has 128 valence electrons. The summed E-state index contributed by atoms with van der Waals surface area (Å²) < 4.78 is 39.6. The van der Waals surface area contributed by atoms with E-state index in [2.05, 4.69) is 5.10 Å². The molecule has 0 saturated carbocycles. The summed E-state index contributed by atoms with van der Waals surface area (Å²) >= 11 is 0. The zero-order valence-corrected chi connectivity index (χ0v) is 12.9. The lowest BCUT2D eigenvalue weighted by Gasteiger charge is -2.24. The van der Waals surface area contributed by atoms with Crippen LogP contribution in [0.2, 0.25) is 0 Å². The molecule has 1 aromatic carbocycles. The van der Waals surface area contributed by atoms with Crippen molar-refractivity contribution in [2.75, 3.05) is 6.54 Å². The molecule has 1 aromatic heterocycles. The Hall–Kier alpha value is -2.51. The van der Waals surface area contributed by atoms with Crippen LogP contribution in [0.15, 0.2) is 30.6 Å². The topological polar surface area (TPSA) is 58.4 Å². The number of carbonyl (C=O) groups is 1. The molecule has 8 heteroatoms. The largest absolute Gasteiger partial charge is 0.507 e. The minimum atomic E-state index is -4.56. The summed E-state index contributed by atoms with van der Waals surface area (Å²) in [6.45, 7) is 0.485. The number of halogens is 3. The molecular weight excluding hydrogens is 323 g/mol. The van der Waals surface area contributed by atoms with Gasteiger partial charge in [-0.1, -0.05) is 0 Å². The number of phenolic OH excluding ortho intramolecular Hbond substituents is 1. The summed E-state index contributed by atoms with van der Waals surface area (Å²) in [4.78, 5) is 14.2. The molecule has 1 aliphatic heterocycles. The predicted octanol–water partition coefficient (Wildman–Crippen LogP) is 3.12. The standard InChI is InChI=1S/C16H16F3N3O2/c1-21-9-10(8-20-21)13-3-2-6-22(13)15(24)12-5-4-11(7-14(12)23)16(17,18)19/h4-5,7-9,13,23H,2-3,6H2,1H3/t13-/m0/s1. The van der Waals surface area contributed by atoms with Gasteiger partial charge in [-0.05, 0) is 31.0 Å². The molecular formula is C16H16F3N3O2. The first-order valence-corrected chi connectivity index (χ1v) is 7.47. The van der Waals surface area contributed by atoms with Crippen LogP contribution >= 0.6 is 0 Å². The van der Waals surface area contributed by atoms with E-state index in [1.807, 2.05) is 6.20 Å². The molecule has 1 amide bonds. The Balaban J connectivity index is 1.88. The first kappa shape index (κ1) is 16.4. The summed E-state index contributed by atoms with van der Waals surface area (Å²) in [5.74, 6) is -1.14. The van der Waals surface area contributed by atoms with Crippen molar-refractivity contribution in [1.82, 2.24) is 14.7 Å². The highest BCUT2D eigenvalue weighted by molar-refractivity contribution is 5.97. The highest BCUT2D eigenvalue weighted by Gasteiger charge is 2.35. The van der Waals surface area contributed by atoms with Gasteiger partial charge in [0.25, 0.3) is 5.91 Å². The molecule has 2 heterocycles. The fourth-order valence-electron chi connectivity index (χ4n) is 3.01. The summed E-state index contributed by atoms with van der Waals surface area (Å²) in [5, 5.41) is 14.0. The summed E-state index contributed by atoms with van der Waals surface area (Å²) in [6.07, 6.45) is 0.447. The van der Waals surface area contributed by atoms with Crippen molar-refractivity contribution < 1.29 is 23.1 Å². The van der Waals surface area contributed by atoms with Crippen molar-refractivity contribution >= 4 is 5.91 Å². The highest BCUT2D eigenvalue weighted by atomic mass is 19.4. The van der Waals surface area contributed by atoms with Crippen molar-refractivity contribution in [3.63, 3.8) is 0 Å². The number of hydrogen-bond donors (Lipinski definition) is 1. The molecule has 0 unspecified atom stereocenters. The number of nitrogens with zero attached hydrogens (tertiary/aromatic N) is 3. The molecule has 0 aliphatic carbocycles. The summed E-state index contributed by atoms with van der Waals surface area (Å²) in [6, 6.07) is 2.23. The van der Waals surface area contributed by atoms with Gasteiger partial charge in [-0.2, -0.15) is 18.3 Å². The zero-order chi connectivity index (χ0) is 17.5. The molecule has 1 saturated heterocycles. The van der Waals surface area contributed by atoms with Crippen LogP contribution in [0.25, 0.3) is 0 Å². The fourth-order valence-corrected chi connectivity index (χ4v) is 3.01. The molecule has 24 heavy (non-hydrogen) atoms. The molecule has 3 rings (SSSR count). The number of alkyl halides is 3. The van der Waals surface area contributed by atoms with Crippen LogP contribution in [-0.2, 0) is 13.2 Å². The van der Waals surface area contributed by atoms with E-state index in [1.165, 1.54) is 0 Å². The number of carbonyl (C=O) groups excluding carboxylic acids is 1. The van der Waals surface area contributed by atoms with Gasteiger partial charge in [-0.3, -0.25) is 9.48 Å². The number of rotatable bonds is 2. The molecule has 5 nitrogen and oxygen atoms in total. The smallest absolute Gasteiger partial charge is 0.416 e. The fraction of sp³-hybridized carbons (Fsp3) is 0.375. The highest BCUT2D eigenvalue weighted by Crippen LogP contribution is 2.36. The van der Waals surface area contributed by atoms with Crippen molar-refractivity contribution in [3.8, 4) is 5.75 Å². The number of amides is 1. The number of likely N-dealkylation sites (tertiary alicyclic amines) is 1. The van der Waals surface area contributed by atoms with E-state index in [4.69, 9.17) is 0 Å². The third-order valence-electron chi connectivity index (χ3n) is 4.18. The normalized spacial score (nSPS) is 18.2. The second kappa shape index (κ2) is 5.85. The lowest BCUT2D eigenvalue weighted by molar-refractivity contribution is -0.137. The van der Waals surface area contributed by atoms with Gasteiger partial charge in [-0.25, -0.2) is 0 Å². The molecule has 1 N–H and O–H groups in total. The second-order valence-corrected chi connectivity index (χ2v) is 5.83. The summed E-state index contributed by atoms with van der Waals surface area (Å²) in [5.41, 5.74) is -0.240. The van der Waals surface area contributed by atoms with E-state index in [1.54, 1.807) is 22.8 Å². The Kier molecular flexibility index (Phi) is 3.98. The van der Waals surface area contributed by atoms with Gasteiger partial charge in [-0.15, -0.1) is 0 Å². The average Bonchev–Trinajstić information content (AvgIpc) is 3.13. The molecule has 1 fully saturated rings. The Labute approximate surface area is 136 Å².